The number of rotatable bonds is 4. The van der Waals surface area contributed by atoms with Crippen molar-refractivity contribution < 1.29 is 13.2 Å². The number of nitriles is 1. The third-order valence-corrected chi connectivity index (χ3v) is 3.91. The highest BCUT2D eigenvalue weighted by Gasteiger charge is 2.30. The Morgan fingerprint density at radius 1 is 1.00 bits per heavy atom. The molecule has 28 heavy (non-hydrogen) atoms. The summed E-state index contributed by atoms with van der Waals surface area (Å²) >= 11 is 0. The number of nitrogens with one attached hydrogen (secondary N) is 1. The Labute approximate surface area is 160 Å². The minimum Gasteiger partial charge on any atom is -0.361 e. The summed E-state index contributed by atoms with van der Waals surface area (Å²) in [5, 5.41) is 12.4. The highest BCUT2D eigenvalue weighted by atomic mass is 19.4. The van der Waals surface area contributed by atoms with Crippen LogP contribution in [-0.2, 0) is 6.18 Å². The lowest BCUT2D eigenvalue weighted by Crippen LogP contribution is -2.15. The predicted octanol–water partition coefficient (Wildman–Crippen LogP) is 4.84. The van der Waals surface area contributed by atoms with E-state index in [2.05, 4.69) is 15.3 Å². The first kappa shape index (κ1) is 19.2. The van der Waals surface area contributed by atoms with Crippen molar-refractivity contribution in [1.29, 1.82) is 5.26 Å². The molecule has 0 unspecified atom stereocenters. The van der Waals surface area contributed by atoms with Crippen LogP contribution in [0.2, 0.25) is 0 Å². The molecule has 0 aliphatic carbocycles. The van der Waals surface area contributed by atoms with Gasteiger partial charge < -0.3 is 10.2 Å². The summed E-state index contributed by atoms with van der Waals surface area (Å²) < 4.78 is 39.0. The summed E-state index contributed by atoms with van der Waals surface area (Å²) in [5.41, 5.74) is 0.249. The maximum absolute atomic E-state index is 13.0. The monoisotopic (exact) mass is 383 g/mol. The van der Waals surface area contributed by atoms with Gasteiger partial charge >= 0.3 is 6.18 Å². The summed E-state index contributed by atoms with van der Waals surface area (Å²) in [6.45, 7) is 0. The van der Waals surface area contributed by atoms with Gasteiger partial charge in [0.1, 0.15) is 11.6 Å². The number of hydrogen-bond donors (Lipinski definition) is 1. The first-order valence-electron chi connectivity index (χ1n) is 8.29. The molecule has 0 aliphatic rings. The molecule has 1 heterocycles. The topological polar surface area (TPSA) is 64.8 Å². The van der Waals surface area contributed by atoms with Gasteiger partial charge in [0.05, 0.1) is 5.56 Å². The molecule has 0 amide bonds. The van der Waals surface area contributed by atoms with Crippen molar-refractivity contribution in [2.45, 2.75) is 6.18 Å². The van der Waals surface area contributed by atoms with E-state index in [-0.39, 0.29) is 17.1 Å². The van der Waals surface area contributed by atoms with E-state index in [1.165, 1.54) is 12.1 Å². The second-order valence-electron chi connectivity index (χ2n) is 6.17. The van der Waals surface area contributed by atoms with Gasteiger partial charge in [-0.1, -0.05) is 36.4 Å². The number of benzene rings is 2. The number of hydrogen-bond acceptors (Lipinski definition) is 5. The number of anilines is 3. The van der Waals surface area contributed by atoms with E-state index in [0.29, 0.717) is 11.6 Å². The standard InChI is InChI=1S/C20H16F3N5/c1-28(2)19-16(12-24)18(26-17(27-19)13-7-4-3-5-8-13)25-15-10-6-9-14(11-15)20(21,22)23/h3-11H,1-2H3,(H,25,26,27). The molecular formula is C20H16F3N5. The second-order valence-corrected chi connectivity index (χ2v) is 6.17. The minimum absolute atomic E-state index is 0.138. The van der Waals surface area contributed by atoms with E-state index in [1.54, 1.807) is 19.0 Å². The predicted molar refractivity (Wildman–Crippen MR) is 101 cm³/mol. The van der Waals surface area contributed by atoms with E-state index in [4.69, 9.17) is 0 Å². The van der Waals surface area contributed by atoms with Crippen LogP contribution >= 0.6 is 0 Å². The molecule has 0 atom stereocenters. The Morgan fingerprint density at radius 3 is 2.32 bits per heavy atom. The van der Waals surface area contributed by atoms with E-state index < -0.39 is 11.7 Å². The van der Waals surface area contributed by atoms with Crippen LogP contribution in [0.3, 0.4) is 0 Å². The van der Waals surface area contributed by atoms with E-state index in [9.17, 15) is 18.4 Å². The van der Waals surface area contributed by atoms with Crippen molar-refractivity contribution in [2.24, 2.45) is 0 Å². The van der Waals surface area contributed by atoms with E-state index >= 15 is 0 Å². The molecule has 0 saturated carbocycles. The molecule has 0 aliphatic heterocycles. The molecule has 0 fully saturated rings. The van der Waals surface area contributed by atoms with Gasteiger partial charge in [-0.2, -0.15) is 18.4 Å². The van der Waals surface area contributed by atoms with Gasteiger partial charge in [0.15, 0.2) is 17.5 Å². The summed E-state index contributed by atoms with van der Waals surface area (Å²) in [4.78, 5) is 10.5. The fraction of sp³-hybridized carbons (Fsp3) is 0.150. The van der Waals surface area contributed by atoms with Gasteiger partial charge in [0.25, 0.3) is 0 Å². The lowest BCUT2D eigenvalue weighted by atomic mass is 10.1. The summed E-state index contributed by atoms with van der Waals surface area (Å²) in [5.74, 6) is 0.864. The van der Waals surface area contributed by atoms with Crippen LogP contribution in [0.15, 0.2) is 54.6 Å². The van der Waals surface area contributed by atoms with Crippen LogP contribution in [-0.4, -0.2) is 24.1 Å². The first-order valence-corrected chi connectivity index (χ1v) is 8.29. The largest absolute Gasteiger partial charge is 0.416 e. The Balaban J connectivity index is 2.12. The Morgan fingerprint density at radius 2 is 1.71 bits per heavy atom. The van der Waals surface area contributed by atoms with Gasteiger partial charge in [0.2, 0.25) is 0 Å². The Bertz CT molecular complexity index is 1020. The molecule has 0 saturated heterocycles. The average Bonchev–Trinajstić information content (AvgIpc) is 2.67. The Kier molecular flexibility index (Phi) is 5.18. The molecule has 0 spiro atoms. The summed E-state index contributed by atoms with van der Waals surface area (Å²) in [6, 6.07) is 15.9. The molecule has 1 N–H and O–H groups in total. The van der Waals surface area contributed by atoms with Crippen LogP contribution < -0.4 is 10.2 Å². The molecule has 0 bridgehead atoms. The number of aromatic nitrogens is 2. The SMILES string of the molecule is CN(C)c1nc(-c2ccccc2)nc(Nc2cccc(C(F)(F)F)c2)c1C#N. The molecule has 3 rings (SSSR count). The highest BCUT2D eigenvalue weighted by Crippen LogP contribution is 2.33. The van der Waals surface area contributed by atoms with Gasteiger partial charge in [-0.25, -0.2) is 9.97 Å². The molecule has 2 aromatic carbocycles. The molecule has 3 aromatic rings. The van der Waals surface area contributed by atoms with Gasteiger partial charge in [-0.15, -0.1) is 0 Å². The quantitative estimate of drug-likeness (QED) is 0.698. The van der Waals surface area contributed by atoms with Crippen molar-refractivity contribution in [1.82, 2.24) is 9.97 Å². The van der Waals surface area contributed by atoms with Crippen LogP contribution in [0.25, 0.3) is 11.4 Å². The zero-order chi connectivity index (χ0) is 20.3. The minimum atomic E-state index is -4.47. The number of nitrogens with zero attached hydrogens (tertiary/aromatic N) is 4. The number of alkyl halides is 3. The average molecular weight is 383 g/mol. The molecule has 0 radical (unpaired) electrons. The molecule has 8 heteroatoms. The molecular weight excluding hydrogens is 367 g/mol. The van der Waals surface area contributed by atoms with Crippen molar-refractivity contribution in [3.63, 3.8) is 0 Å². The fourth-order valence-corrected chi connectivity index (χ4v) is 2.59. The van der Waals surface area contributed by atoms with Crippen LogP contribution in [0, 0.1) is 11.3 Å². The number of halogens is 3. The van der Waals surface area contributed by atoms with Crippen molar-refractivity contribution in [3.05, 3.63) is 65.7 Å². The van der Waals surface area contributed by atoms with Crippen LogP contribution in [0.4, 0.5) is 30.5 Å². The lowest BCUT2D eigenvalue weighted by molar-refractivity contribution is -0.137. The van der Waals surface area contributed by atoms with Gasteiger partial charge in [0, 0.05) is 25.3 Å². The zero-order valence-corrected chi connectivity index (χ0v) is 15.1. The molecule has 142 valence electrons. The van der Waals surface area contributed by atoms with Crippen molar-refractivity contribution >= 4 is 17.3 Å². The molecule has 5 nitrogen and oxygen atoms in total. The van der Waals surface area contributed by atoms with E-state index in [0.717, 1.165) is 17.7 Å². The highest BCUT2D eigenvalue weighted by molar-refractivity contribution is 5.73. The summed E-state index contributed by atoms with van der Waals surface area (Å²) in [7, 11) is 3.46. The summed E-state index contributed by atoms with van der Waals surface area (Å²) in [6.07, 6.45) is -4.47. The third-order valence-electron chi connectivity index (χ3n) is 3.91. The van der Waals surface area contributed by atoms with Crippen molar-refractivity contribution in [2.75, 3.05) is 24.3 Å². The zero-order valence-electron chi connectivity index (χ0n) is 15.1. The Hall–Kier alpha value is -3.60. The van der Waals surface area contributed by atoms with Crippen LogP contribution in [0.5, 0.6) is 0 Å². The third kappa shape index (κ3) is 4.04. The van der Waals surface area contributed by atoms with Crippen LogP contribution in [0.1, 0.15) is 11.1 Å². The van der Waals surface area contributed by atoms with Gasteiger partial charge in [-0.3, -0.25) is 0 Å². The van der Waals surface area contributed by atoms with Crippen molar-refractivity contribution in [3.8, 4) is 17.5 Å². The normalized spacial score (nSPS) is 11.0. The molecule has 1 aromatic heterocycles. The smallest absolute Gasteiger partial charge is 0.361 e. The maximum atomic E-state index is 13.0. The lowest BCUT2D eigenvalue weighted by Gasteiger charge is -2.18. The first-order chi connectivity index (χ1) is 13.3. The van der Waals surface area contributed by atoms with E-state index in [1.807, 2.05) is 36.4 Å². The van der Waals surface area contributed by atoms with Gasteiger partial charge in [-0.05, 0) is 18.2 Å². The maximum Gasteiger partial charge on any atom is 0.416 e. The fourth-order valence-electron chi connectivity index (χ4n) is 2.59. The second kappa shape index (κ2) is 7.56.